The minimum absolute atomic E-state index is 0.0127. The van der Waals surface area contributed by atoms with Gasteiger partial charge in [-0.3, -0.25) is 9.69 Å². The number of hydrogen-bond acceptors (Lipinski definition) is 7. The summed E-state index contributed by atoms with van der Waals surface area (Å²) >= 11 is 0. The molecule has 0 spiro atoms. The van der Waals surface area contributed by atoms with Crippen molar-refractivity contribution in [3.63, 3.8) is 0 Å². The maximum absolute atomic E-state index is 12.3. The molecule has 0 saturated heterocycles. The zero-order chi connectivity index (χ0) is 25.5. The zero-order valence-corrected chi connectivity index (χ0v) is 20.6. The molecule has 0 aromatic heterocycles. The van der Waals surface area contributed by atoms with Crippen LogP contribution < -0.4 is 10.6 Å². The summed E-state index contributed by atoms with van der Waals surface area (Å²) in [5, 5.41) is 5.35. The van der Waals surface area contributed by atoms with Gasteiger partial charge in [-0.2, -0.15) is 0 Å². The number of carbonyl (C=O) groups is 3. The normalized spacial score (nSPS) is 11.0. The fourth-order valence-corrected chi connectivity index (χ4v) is 3.01. The van der Waals surface area contributed by atoms with Gasteiger partial charge in [-0.15, -0.1) is 0 Å². The van der Waals surface area contributed by atoms with Gasteiger partial charge in [0.1, 0.15) is 18.8 Å². The first kappa shape index (κ1) is 27.7. The standard InChI is InChI=1S/C26H35N3O6/c1-26(2,3)35-23(30)18-29(16-14-27-24(31)33-19-21-10-6-4-7-11-21)17-15-28-25(32)34-20-22-12-8-5-9-13-22/h4-13H,14-20H2,1-3H3,(H,27,31)(H,28,32). The van der Waals surface area contributed by atoms with E-state index in [1.165, 1.54) is 0 Å². The first-order valence-electron chi connectivity index (χ1n) is 11.5. The highest BCUT2D eigenvalue weighted by Crippen LogP contribution is 2.07. The van der Waals surface area contributed by atoms with Crippen molar-refractivity contribution in [3.8, 4) is 0 Å². The van der Waals surface area contributed by atoms with E-state index in [1.807, 2.05) is 60.7 Å². The van der Waals surface area contributed by atoms with Crippen molar-refractivity contribution in [2.45, 2.75) is 39.6 Å². The largest absolute Gasteiger partial charge is 0.459 e. The van der Waals surface area contributed by atoms with Gasteiger partial charge < -0.3 is 24.8 Å². The number of nitrogens with zero attached hydrogens (tertiary/aromatic N) is 1. The number of carbonyl (C=O) groups excluding carboxylic acids is 3. The van der Waals surface area contributed by atoms with Crippen LogP contribution in [0.4, 0.5) is 9.59 Å². The summed E-state index contributed by atoms with van der Waals surface area (Å²) in [4.78, 5) is 38.0. The van der Waals surface area contributed by atoms with Gasteiger partial charge in [-0.25, -0.2) is 9.59 Å². The van der Waals surface area contributed by atoms with E-state index in [2.05, 4.69) is 10.6 Å². The summed E-state index contributed by atoms with van der Waals surface area (Å²) in [5.41, 5.74) is 1.17. The summed E-state index contributed by atoms with van der Waals surface area (Å²) in [6.07, 6.45) is -1.10. The third kappa shape index (κ3) is 13.0. The average Bonchev–Trinajstić information content (AvgIpc) is 2.81. The van der Waals surface area contributed by atoms with Crippen molar-refractivity contribution in [2.24, 2.45) is 0 Å². The number of alkyl carbamates (subject to hydrolysis) is 2. The smallest absolute Gasteiger partial charge is 0.407 e. The Morgan fingerprint density at radius 3 is 1.57 bits per heavy atom. The van der Waals surface area contributed by atoms with Crippen molar-refractivity contribution in [1.82, 2.24) is 15.5 Å². The number of esters is 1. The van der Waals surface area contributed by atoms with Gasteiger partial charge in [0, 0.05) is 26.2 Å². The van der Waals surface area contributed by atoms with Gasteiger partial charge in [0.25, 0.3) is 0 Å². The fraction of sp³-hybridized carbons (Fsp3) is 0.423. The summed E-state index contributed by atoms with van der Waals surface area (Å²) in [6, 6.07) is 18.7. The molecule has 2 N–H and O–H groups in total. The zero-order valence-electron chi connectivity index (χ0n) is 20.6. The molecule has 0 atom stereocenters. The lowest BCUT2D eigenvalue weighted by atomic mass is 10.2. The Bertz CT molecular complexity index is 854. The number of benzene rings is 2. The van der Waals surface area contributed by atoms with E-state index in [4.69, 9.17) is 14.2 Å². The third-order valence-corrected chi connectivity index (χ3v) is 4.59. The number of hydrogen-bond donors (Lipinski definition) is 2. The Labute approximate surface area is 206 Å². The van der Waals surface area contributed by atoms with Gasteiger partial charge in [0.15, 0.2) is 0 Å². The Hall–Kier alpha value is -3.59. The second-order valence-electron chi connectivity index (χ2n) is 8.84. The van der Waals surface area contributed by atoms with Crippen LogP contribution >= 0.6 is 0 Å². The number of nitrogens with one attached hydrogen (secondary N) is 2. The van der Waals surface area contributed by atoms with Gasteiger partial charge in [0.05, 0.1) is 6.54 Å². The van der Waals surface area contributed by atoms with E-state index < -0.39 is 23.8 Å². The van der Waals surface area contributed by atoms with Crippen molar-refractivity contribution in [2.75, 3.05) is 32.7 Å². The number of ether oxygens (including phenoxy) is 3. The molecule has 0 bridgehead atoms. The minimum atomic E-state index is -0.609. The van der Waals surface area contributed by atoms with Gasteiger partial charge in [-0.05, 0) is 31.9 Å². The van der Waals surface area contributed by atoms with Crippen molar-refractivity contribution in [3.05, 3.63) is 71.8 Å². The van der Waals surface area contributed by atoms with Gasteiger partial charge >= 0.3 is 18.2 Å². The second-order valence-corrected chi connectivity index (χ2v) is 8.84. The quantitative estimate of drug-likeness (QED) is 0.350. The van der Waals surface area contributed by atoms with Crippen LogP contribution in [0.1, 0.15) is 31.9 Å². The fourth-order valence-electron chi connectivity index (χ4n) is 3.01. The monoisotopic (exact) mass is 485 g/mol. The highest BCUT2D eigenvalue weighted by molar-refractivity contribution is 5.72. The van der Waals surface area contributed by atoms with Crippen molar-refractivity contribution >= 4 is 18.2 Å². The van der Waals surface area contributed by atoms with Crippen LogP contribution in [-0.4, -0.2) is 61.4 Å². The summed E-state index contributed by atoms with van der Waals surface area (Å²) in [7, 11) is 0. The predicted octanol–water partition coefficient (Wildman–Crippen LogP) is 3.48. The highest BCUT2D eigenvalue weighted by atomic mass is 16.6. The van der Waals surface area contributed by atoms with Gasteiger partial charge in [0.2, 0.25) is 0 Å². The number of rotatable bonds is 12. The molecule has 2 rings (SSSR count). The molecule has 2 amide bonds. The lowest BCUT2D eigenvalue weighted by molar-refractivity contribution is -0.156. The van der Waals surface area contributed by atoms with Crippen LogP contribution in [0.3, 0.4) is 0 Å². The molecule has 0 aliphatic rings. The van der Waals surface area contributed by atoms with Crippen molar-refractivity contribution < 1.29 is 28.6 Å². The maximum Gasteiger partial charge on any atom is 0.407 e. The molecular weight excluding hydrogens is 450 g/mol. The van der Waals surface area contributed by atoms with E-state index in [-0.39, 0.29) is 32.8 Å². The molecule has 0 aliphatic carbocycles. The molecule has 2 aromatic carbocycles. The van der Waals surface area contributed by atoms with E-state index in [9.17, 15) is 14.4 Å². The molecule has 35 heavy (non-hydrogen) atoms. The Morgan fingerprint density at radius 2 is 1.17 bits per heavy atom. The van der Waals surface area contributed by atoms with Crippen LogP contribution in [0.15, 0.2) is 60.7 Å². The topological polar surface area (TPSA) is 106 Å². The van der Waals surface area contributed by atoms with Gasteiger partial charge in [-0.1, -0.05) is 60.7 Å². The van der Waals surface area contributed by atoms with E-state index >= 15 is 0 Å². The molecule has 9 nitrogen and oxygen atoms in total. The molecule has 0 radical (unpaired) electrons. The lowest BCUT2D eigenvalue weighted by Crippen LogP contribution is -2.43. The molecular formula is C26H35N3O6. The Kier molecular flexibility index (Phi) is 11.6. The average molecular weight is 486 g/mol. The molecule has 2 aromatic rings. The first-order valence-corrected chi connectivity index (χ1v) is 11.5. The summed E-state index contributed by atoms with van der Waals surface area (Å²) in [5.74, 6) is -0.393. The second kappa shape index (κ2) is 14.6. The molecule has 0 saturated carbocycles. The van der Waals surface area contributed by atoms with E-state index in [0.29, 0.717) is 13.1 Å². The Balaban J connectivity index is 1.75. The first-order chi connectivity index (χ1) is 16.7. The molecule has 0 fully saturated rings. The van der Waals surface area contributed by atoms with Crippen LogP contribution in [0.25, 0.3) is 0 Å². The Morgan fingerprint density at radius 1 is 0.743 bits per heavy atom. The van der Waals surface area contributed by atoms with Crippen molar-refractivity contribution in [1.29, 1.82) is 0 Å². The van der Waals surface area contributed by atoms with E-state index in [0.717, 1.165) is 11.1 Å². The predicted molar refractivity (Wildman–Crippen MR) is 132 cm³/mol. The highest BCUT2D eigenvalue weighted by Gasteiger charge is 2.19. The summed E-state index contributed by atoms with van der Waals surface area (Å²) < 4.78 is 15.8. The maximum atomic E-state index is 12.3. The minimum Gasteiger partial charge on any atom is -0.459 e. The molecule has 0 aliphatic heterocycles. The SMILES string of the molecule is CC(C)(C)OC(=O)CN(CCNC(=O)OCc1ccccc1)CCNC(=O)OCc1ccccc1. The van der Waals surface area contributed by atoms with Crippen LogP contribution in [0, 0.1) is 0 Å². The molecule has 190 valence electrons. The van der Waals surface area contributed by atoms with E-state index in [1.54, 1.807) is 25.7 Å². The molecule has 0 heterocycles. The van der Waals surface area contributed by atoms with Crippen LogP contribution in [-0.2, 0) is 32.2 Å². The molecule has 9 heteroatoms. The lowest BCUT2D eigenvalue weighted by Gasteiger charge is -2.25. The van der Waals surface area contributed by atoms with Crippen LogP contribution in [0.5, 0.6) is 0 Å². The molecule has 0 unspecified atom stereocenters. The summed E-state index contributed by atoms with van der Waals surface area (Å²) in [6.45, 7) is 6.98. The number of amides is 2. The van der Waals surface area contributed by atoms with Crippen LogP contribution in [0.2, 0.25) is 0 Å². The third-order valence-electron chi connectivity index (χ3n) is 4.59.